The normalized spacial score (nSPS) is 20.2. The van der Waals surface area contributed by atoms with E-state index in [0.717, 1.165) is 6.20 Å². The Bertz CT molecular complexity index is 896. The molecule has 1 N–H and O–H groups in total. The highest BCUT2D eigenvalue weighted by molar-refractivity contribution is 6.35. The van der Waals surface area contributed by atoms with Crippen molar-refractivity contribution in [3.8, 4) is 11.4 Å². The second-order valence-electron chi connectivity index (χ2n) is 6.45. The Morgan fingerprint density at radius 1 is 1.34 bits per heavy atom. The monoisotopic (exact) mass is 433 g/mol. The van der Waals surface area contributed by atoms with E-state index in [4.69, 9.17) is 11.6 Å². The van der Waals surface area contributed by atoms with E-state index in [-0.39, 0.29) is 23.1 Å². The first-order valence-electron chi connectivity index (χ1n) is 8.51. The third-order valence-electron chi connectivity index (χ3n) is 4.46. The van der Waals surface area contributed by atoms with Crippen LogP contribution >= 0.6 is 11.6 Å². The van der Waals surface area contributed by atoms with E-state index in [0.29, 0.717) is 5.69 Å². The molecular weight excluding hydrogens is 418 g/mol. The van der Waals surface area contributed by atoms with Crippen molar-refractivity contribution in [2.75, 3.05) is 11.9 Å². The van der Waals surface area contributed by atoms with E-state index in [1.54, 1.807) is 0 Å². The molecule has 156 valence electrons. The van der Waals surface area contributed by atoms with Crippen LogP contribution < -0.4 is 5.32 Å². The van der Waals surface area contributed by atoms with Crippen LogP contribution in [0.25, 0.3) is 11.4 Å². The second kappa shape index (κ2) is 8.07. The Morgan fingerprint density at radius 2 is 2.07 bits per heavy atom. The summed E-state index contributed by atoms with van der Waals surface area (Å²) in [7, 11) is 0. The van der Waals surface area contributed by atoms with Crippen molar-refractivity contribution in [3.63, 3.8) is 0 Å². The van der Waals surface area contributed by atoms with Gasteiger partial charge in [0.15, 0.2) is 0 Å². The molecule has 1 amide bonds. The lowest BCUT2D eigenvalue weighted by molar-refractivity contribution is -0.359. The highest BCUT2D eigenvalue weighted by Gasteiger charge is 2.46. The molecular formula is C17H16ClF4N5O2. The number of alkyl halides is 3. The number of likely N-dealkylation sites (tertiary alicyclic amines) is 1. The molecule has 0 aliphatic carbocycles. The van der Waals surface area contributed by atoms with Crippen molar-refractivity contribution < 1.29 is 27.1 Å². The minimum Gasteiger partial charge on any atom is -0.357 e. The molecule has 3 atom stereocenters. The Morgan fingerprint density at radius 3 is 2.66 bits per heavy atom. The smallest absolute Gasteiger partial charge is 0.357 e. The Labute approximate surface area is 168 Å². The van der Waals surface area contributed by atoms with E-state index in [9.17, 15) is 22.4 Å². The van der Waals surface area contributed by atoms with E-state index in [1.807, 2.05) is 0 Å². The summed E-state index contributed by atoms with van der Waals surface area (Å²) in [5, 5.41) is 2.90. The number of carbonyl (C=O) groups is 1. The number of pyridine rings is 1. The Kier molecular flexibility index (Phi) is 5.90. The van der Waals surface area contributed by atoms with Gasteiger partial charge in [0.2, 0.25) is 5.91 Å². The Hall–Kier alpha value is -2.53. The van der Waals surface area contributed by atoms with Crippen LogP contribution in [0.1, 0.15) is 13.8 Å². The van der Waals surface area contributed by atoms with Crippen molar-refractivity contribution in [2.45, 2.75) is 38.4 Å². The van der Waals surface area contributed by atoms with Crippen LogP contribution in [0.15, 0.2) is 24.7 Å². The van der Waals surface area contributed by atoms with Gasteiger partial charge in [-0.05, 0) is 26.0 Å². The zero-order valence-electron chi connectivity index (χ0n) is 15.2. The maximum absolute atomic E-state index is 13.1. The lowest BCUT2D eigenvalue weighted by atomic mass is 10.00. The quantitative estimate of drug-likeness (QED) is 0.729. The van der Waals surface area contributed by atoms with Gasteiger partial charge < -0.3 is 10.2 Å². The molecule has 1 aliphatic heterocycles. The van der Waals surface area contributed by atoms with Crippen LogP contribution in [0, 0.1) is 5.82 Å². The first-order chi connectivity index (χ1) is 13.6. The fourth-order valence-electron chi connectivity index (χ4n) is 2.85. The minimum atomic E-state index is -4.75. The summed E-state index contributed by atoms with van der Waals surface area (Å²) >= 11 is 6.29. The predicted molar refractivity (Wildman–Crippen MR) is 95.4 cm³/mol. The summed E-state index contributed by atoms with van der Waals surface area (Å²) in [5.41, 5.74) is 0.545. The first kappa shape index (κ1) is 21.2. The molecule has 0 unspecified atom stereocenters. The fraction of sp³-hybridized carbons (Fsp3) is 0.412. The standard InChI is InChI=1S/C17H16ClF4N5O2/c1-8(16(28)27-6-12(9(27)2)29-17(20,21)22)26-15-13(18)14(24-7-25-15)11-4-3-10(19)5-23-11/h3-5,7-9,12H,6H2,1-2H3,(H,24,25,26)/t8-,9+,12+/m1/s1. The number of halogens is 5. The fourth-order valence-corrected chi connectivity index (χ4v) is 3.10. The predicted octanol–water partition coefficient (Wildman–Crippen LogP) is 3.27. The summed E-state index contributed by atoms with van der Waals surface area (Å²) < 4.78 is 54.0. The SMILES string of the molecule is C[C@@H](Nc1ncnc(-c2ccc(F)cn2)c1Cl)C(=O)N1C[C@H](OC(F)(F)F)[C@@H]1C. The van der Waals surface area contributed by atoms with Gasteiger partial charge >= 0.3 is 6.36 Å². The van der Waals surface area contributed by atoms with Crippen molar-refractivity contribution in [2.24, 2.45) is 0 Å². The zero-order valence-corrected chi connectivity index (χ0v) is 16.0. The van der Waals surface area contributed by atoms with Crippen LogP contribution in [0.5, 0.6) is 0 Å². The number of nitrogens with one attached hydrogen (secondary N) is 1. The molecule has 0 saturated carbocycles. The average molecular weight is 434 g/mol. The molecule has 0 spiro atoms. The van der Waals surface area contributed by atoms with Gasteiger partial charge in [-0.2, -0.15) is 0 Å². The maximum Gasteiger partial charge on any atom is 0.522 e. The van der Waals surface area contributed by atoms with Gasteiger partial charge in [0.1, 0.15) is 40.8 Å². The van der Waals surface area contributed by atoms with Gasteiger partial charge in [0.25, 0.3) is 0 Å². The number of hydrogen-bond donors (Lipinski definition) is 1. The topological polar surface area (TPSA) is 80.2 Å². The number of rotatable bonds is 5. The summed E-state index contributed by atoms with van der Waals surface area (Å²) in [5.74, 6) is -0.816. The lowest BCUT2D eigenvalue weighted by Gasteiger charge is -2.46. The highest BCUT2D eigenvalue weighted by atomic mass is 35.5. The third kappa shape index (κ3) is 4.73. The Balaban J connectivity index is 1.68. The van der Waals surface area contributed by atoms with Crippen molar-refractivity contribution in [1.29, 1.82) is 0 Å². The molecule has 0 radical (unpaired) electrons. The number of anilines is 1. The van der Waals surface area contributed by atoms with Gasteiger partial charge in [-0.15, -0.1) is 13.2 Å². The van der Waals surface area contributed by atoms with Crippen molar-refractivity contribution >= 4 is 23.3 Å². The van der Waals surface area contributed by atoms with E-state index in [2.05, 4.69) is 25.0 Å². The molecule has 3 rings (SSSR count). The van der Waals surface area contributed by atoms with Crippen molar-refractivity contribution in [3.05, 3.63) is 35.5 Å². The number of carbonyl (C=O) groups excluding carboxylic acids is 1. The maximum atomic E-state index is 13.1. The molecule has 1 fully saturated rings. The van der Waals surface area contributed by atoms with Gasteiger partial charge in [0.05, 0.1) is 17.9 Å². The molecule has 12 heteroatoms. The summed E-state index contributed by atoms with van der Waals surface area (Å²) in [6.45, 7) is 2.83. The number of amides is 1. The van der Waals surface area contributed by atoms with Crippen LogP contribution in [0.3, 0.4) is 0 Å². The summed E-state index contributed by atoms with van der Waals surface area (Å²) in [4.78, 5) is 25.7. The molecule has 1 aliphatic rings. The molecule has 1 saturated heterocycles. The second-order valence-corrected chi connectivity index (χ2v) is 6.82. The van der Waals surface area contributed by atoms with E-state index >= 15 is 0 Å². The lowest BCUT2D eigenvalue weighted by Crippen LogP contribution is -2.64. The largest absolute Gasteiger partial charge is 0.522 e. The minimum absolute atomic E-state index is 0.0706. The first-order valence-corrected chi connectivity index (χ1v) is 8.88. The number of hydrogen-bond acceptors (Lipinski definition) is 6. The van der Waals surface area contributed by atoms with Gasteiger partial charge in [-0.25, -0.2) is 14.4 Å². The van der Waals surface area contributed by atoms with Gasteiger partial charge in [-0.1, -0.05) is 11.6 Å². The van der Waals surface area contributed by atoms with E-state index in [1.165, 1.54) is 37.2 Å². The number of aromatic nitrogens is 3. The third-order valence-corrected chi connectivity index (χ3v) is 4.82. The summed E-state index contributed by atoms with van der Waals surface area (Å²) in [6, 6.07) is 1.04. The molecule has 2 aromatic rings. The molecule has 3 heterocycles. The highest BCUT2D eigenvalue weighted by Crippen LogP contribution is 2.31. The average Bonchev–Trinajstić information content (AvgIpc) is 2.65. The molecule has 2 aromatic heterocycles. The van der Waals surface area contributed by atoms with Crippen LogP contribution in [-0.2, 0) is 9.53 Å². The summed E-state index contributed by atoms with van der Waals surface area (Å²) in [6.07, 6.45) is -3.65. The van der Waals surface area contributed by atoms with Crippen LogP contribution in [0.2, 0.25) is 5.02 Å². The molecule has 7 nitrogen and oxygen atoms in total. The van der Waals surface area contributed by atoms with Crippen LogP contribution in [-0.4, -0.2) is 56.9 Å². The molecule has 0 bridgehead atoms. The number of nitrogens with zero attached hydrogens (tertiary/aromatic N) is 4. The number of ether oxygens (including phenoxy) is 1. The van der Waals surface area contributed by atoms with Gasteiger partial charge in [-0.3, -0.25) is 14.5 Å². The molecule has 29 heavy (non-hydrogen) atoms. The van der Waals surface area contributed by atoms with Gasteiger partial charge in [0, 0.05) is 6.54 Å². The van der Waals surface area contributed by atoms with E-state index < -0.39 is 36.3 Å². The van der Waals surface area contributed by atoms with Crippen LogP contribution in [0.4, 0.5) is 23.4 Å². The zero-order chi connectivity index (χ0) is 21.3. The van der Waals surface area contributed by atoms with Crippen molar-refractivity contribution in [1.82, 2.24) is 19.9 Å². The molecule has 0 aromatic carbocycles.